The lowest BCUT2D eigenvalue weighted by Gasteiger charge is -2.10. The quantitative estimate of drug-likeness (QED) is 0.781. The van der Waals surface area contributed by atoms with E-state index in [1.54, 1.807) is 6.20 Å². The van der Waals surface area contributed by atoms with Crippen LogP contribution >= 0.6 is 0 Å². The summed E-state index contributed by atoms with van der Waals surface area (Å²) in [4.78, 5) is 8.18. The lowest BCUT2D eigenvalue weighted by Crippen LogP contribution is -2.14. The average molecular weight is 228 g/mol. The van der Waals surface area contributed by atoms with Crippen molar-refractivity contribution >= 4 is 11.0 Å². The number of fused-ring (bicyclic) bond motifs is 1. The SMILES string of the molecule is N#Cc1ncc2ccn(CC3CCCO3)c2n1. The van der Waals surface area contributed by atoms with Crippen molar-refractivity contribution in [3.05, 3.63) is 24.3 Å². The molecule has 17 heavy (non-hydrogen) atoms. The Kier molecular flexibility index (Phi) is 2.50. The molecular formula is C12H12N4O. The second-order valence-electron chi connectivity index (χ2n) is 4.19. The van der Waals surface area contributed by atoms with E-state index in [0.717, 1.165) is 37.0 Å². The molecule has 1 aliphatic heterocycles. The van der Waals surface area contributed by atoms with E-state index in [4.69, 9.17) is 10.00 Å². The number of nitrogens with zero attached hydrogens (tertiary/aromatic N) is 4. The molecule has 5 heteroatoms. The summed E-state index contributed by atoms with van der Waals surface area (Å²) in [5, 5.41) is 9.76. The van der Waals surface area contributed by atoms with Crippen molar-refractivity contribution in [1.29, 1.82) is 5.26 Å². The molecule has 2 aromatic rings. The van der Waals surface area contributed by atoms with E-state index in [2.05, 4.69) is 9.97 Å². The lowest BCUT2D eigenvalue weighted by molar-refractivity contribution is 0.0979. The van der Waals surface area contributed by atoms with Crippen molar-refractivity contribution in [2.75, 3.05) is 6.61 Å². The topological polar surface area (TPSA) is 63.7 Å². The Labute approximate surface area is 98.7 Å². The first-order chi connectivity index (χ1) is 8.36. The number of rotatable bonds is 2. The maximum Gasteiger partial charge on any atom is 0.234 e. The molecule has 0 aromatic carbocycles. The Balaban J connectivity index is 1.95. The molecule has 0 aliphatic carbocycles. The van der Waals surface area contributed by atoms with Gasteiger partial charge in [0.15, 0.2) is 0 Å². The fourth-order valence-corrected chi connectivity index (χ4v) is 2.18. The minimum Gasteiger partial charge on any atom is -0.376 e. The maximum atomic E-state index is 8.80. The van der Waals surface area contributed by atoms with Gasteiger partial charge >= 0.3 is 0 Å². The van der Waals surface area contributed by atoms with Crippen LogP contribution in [0.4, 0.5) is 0 Å². The predicted octanol–water partition coefficient (Wildman–Crippen LogP) is 1.48. The van der Waals surface area contributed by atoms with Gasteiger partial charge in [-0.2, -0.15) is 5.26 Å². The number of aromatic nitrogens is 3. The van der Waals surface area contributed by atoms with Crippen LogP contribution in [0.2, 0.25) is 0 Å². The first-order valence-electron chi connectivity index (χ1n) is 5.70. The van der Waals surface area contributed by atoms with Gasteiger partial charge in [-0.05, 0) is 18.9 Å². The minimum atomic E-state index is 0.213. The summed E-state index contributed by atoms with van der Waals surface area (Å²) in [6.07, 6.45) is 6.15. The second-order valence-corrected chi connectivity index (χ2v) is 4.19. The first kappa shape index (κ1) is 10.2. The minimum absolute atomic E-state index is 0.213. The Morgan fingerprint density at radius 3 is 3.29 bits per heavy atom. The van der Waals surface area contributed by atoms with Crippen LogP contribution < -0.4 is 0 Å². The monoisotopic (exact) mass is 228 g/mol. The smallest absolute Gasteiger partial charge is 0.234 e. The van der Waals surface area contributed by atoms with Crippen LogP contribution in [0.5, 0.6) is 0 Å². The summed E-state index contributed by atoms with van der Waals surface area (Å²) < 4.78 is 7.64. The third kappa shape index (κ3) is 1.87. The highest BCUT2D eigenvalue weighted by Crippen LogP contribution is 2.18. The molecule has 0 radical (unpaired) electrons. The second kappa shape index (κ2) is 4.15. The van der Waals surface area contributed by atoms with Gasteiger partial charge in [0.05, 0.1) is 12.6 Å². The molecule has 3 rings (SSSR count). The van der Waals surface area contributed by atoms with Crippen LogP contribution in [0.15, 0.2) is 18.5 Å². The summed E-state index contributed by atoms with van der Waals surface area (Å²) >= 11 is 0. The van der Waals surface area contributed by atoms with Gasteiger partial charge in [0.25, 0.3) is 0 Å². The summed E-state index contributed by atoms with van der Waals surface area (Å²) in [6, 6.07) is 3.93. The summed E-state index contributed by atoms with van der Waals surface area (Å²) in [5.41, 5.74) is 0.812. The van der Waals surface area contributed by atoms with E-state index in [-0.39, 0.29) is 11.9 Å². The molecule has 2 aromatic heterocycles. The molecule has 3 heterocycles. The van der Waals surface area contributed by atoms with Crippen LogP contribution in [0, 0.1) is 11.3 Å². The average Bonchev–Trinajstić information content (AvgIpc) is 2.99. The largest absolute Gasteiger partial charge is 0.376 e. The summed E-state index contributed by atoms with van der Waals surface area (Å²) in [5.74, 6) is 0.213. The Morgan fingerprint density at radius 2 is 2.53 bits per heavy atom. The molecule has 0 amide bonds. The highest BCUT2D eigenvalue weighted by Gasteiger charge is 2.17. The van der Waals surface area contributed by atoms with E-state index in [0.29, 0.717) is 0 Å². The van der Waals surface area contributed by atoms with Gasteiger partial charge in [0.2, 0.25) is 5.82 Å². The number of ether oxygens (including phenoxy) is 1. The fraction of sp³-hybridized carbons (Fsp3) is 0.417. The number of hydrogen-bond acceptors (Lipinski definition) is 4. The maximum absolute atomic E-state index is 8.80. The van der Waals surface area contributed by atoms with Gasteiger partial charge < -0.3 is 9.30 Å². The van der Waals surface area contributed by atoms with E-state index in [1.165, 1.54) is 0 Å². The van der Waals surface area contributed by atoms with E-state index in [9.17, 15) is 0 Å². The van der Waals surface area contributed by atoms with Crippen molar-refractivity contribution in [1.82, 2.24) is 14.5 Å². The van der Waals surface area contributed by atoms with Crippen molar-refractivity contribution in [2.24, 2.45) is 0 Å². The zero-order valence-corrected chi connectivity index (χ0v) is 9.33. The Hall–Kier alpha value is -1.93. The molecule has 1 fully saturated rings. The van der Waals surface area contributed by atoms with Crippen LogP contribution in [0.1, 0.15) is 18.7 Å². The van der Waals surface area contributed by atoms with Crippen LogP contribution in [0.3, 0.4) is 0 Å². The molecule has 1 unspecified atom stereocenters. The molecule has 0 bridgehead atoms. The van der Waals surface area contributed by atoms with E-state index >= 15 is 0 Å². The molecule has 5 nitrogen and oxygen atoms in total. The normalized spacial score (nSPS) is 19.6. The molecule has 1 aliphatic rings. The first-order valence-corrected chi connectivity index (χ1v) is 5.70. The van der Waals surface area contributed by atoms with Crippen molar-refractivity contribution in [3.8, 4) is 6.07 Å². The molecule has 1 saturated heterocycles. The highest BCUT2D eigenvalue weighted by atomic mass is 16.5. The van der Waals surface area contributed by atoms with Gasteiger partial charge in [-0.3, -0.25) is 0 Å². The zero-order chi connectivity index (χ0) is 11.7. The molecule has 1 atom stereocenters. The summed E-state index contributed by atoms with van der Waals surface area (Å²) in [7, 11) is 0. The summed E-state index contributed by atoms with van der Waals surface area (Å²) in [6.45, 7) is 1.65. The van der Waals surface area contributed by atoms with Gasteiger partial charge in [0, 0.05) is 24.4 Å². The van der Waals surface area contributed by atoms with Crippen molar-refractivity contribution in [3.63, 3.8) is 0 Å². The Morgan fingerprint density at radius 1 is 1.59 bits per heavy atom. The predicted molar refractivity (Wildman–Crippen MR) is 61.2 cm³/mol. The van der Waals surface area contributed by atoms with Crippen LogP contribution in [-0.4, -0.2) is 27.2 Å². The highest BCUT2D eigenvalue weighted by molar-refractivity contribution is 5.75. The van der Waals surface area contributed by atoms with Gasteiger partial charge in [-0.25, -0.2) is 9.97 Å². The molecule has 0 saturated carbocycles. The van der Waals surface area contributed by atoms with Crippen LogP contribution in [0.25, 0.3) is 11.0 Å². The van der Waals surface area contributed by atoms with Crippen molar-refractivity contribution in [2.45, 2.75) is 25.5 Å². The van der Waals surface area contributed by atoms with Crippen LogP contribution in [-0.2, 0) is 11.3 Å². The third-order valence-electron chi connectivity index (χ3n) is 3.03. The van der Waals surface area contributed by atoms with Gasteiger partial charge in [-0.1, -0.05) is 0 Å². The van der Waals surface area contributed by atoms with Gasteiger partial charge in [-0.15, -0.1) is 0 Å². The number of nitriles is 1. The molecular weight excluding hydrogens is 216 g/mol. The Bertz CT molecular complexity index is 578. The lowest BCUT2D eigenvalue weighted by atomic mass is 10.2. The molecule has 86 valence electrons. The van der Waals surface area contributed by atoms with E-state index in [1.807, 2.05) is 22.9 Å². The van der Waals surface area contributed by atoms with Crippen molar-refractivity contribution < 1.29 is 4.74 Å². The fourth-order valence-electron chi connectivity index (χ4n) is 2.18. The molecule has 0 N–H and O–H groups in total. The number of hydrogen-bond donors (Lipinski definition) is 0. The van der Waals surface area contributed by atoms with E-state index < -0.39 is 0 Å². The third-order valence-corrected chi connectivity index (χ3v) is 3.03. The zero-order valence-electron chi connectivity index (χ0n) is 9.33. The molecule has 0 spiro atoms. The van der Waals surface area contributed by atoms with Gasteiger partial charge in [0.1, 0.15) is 11.7 Å². The standard InChI is InChI=1S/C12H12N4O/c13-6-11-14-7-9-3-4-16(12(9)15-11)8-10-2-1-5-17-10/h3-4,7,10H,1-2,5,8H2.